The first kappa shape index (κ1) is 18.7. The molecule has 0 aliphatic heterocycles. The highest BCUT2D eigenvalue weighted by molar-refractivity contribution is 6.01. The summed E-state index contributed by atoms with van der Waals surface area (Å²) in [6.45, 7) is 4.38. The molecule has 2 aromatic carbocycles. The van der Waals surface area contributed by atoms with Crippen LogP contribution in [0.25, 0.3) is 28.6 Å². The van der Waals surface area contributed by atoms with Gasteiger partial charge in [-0.2, -0.15) is 0 Å². The molecule has 29 heavy (non-hydrogen) atoms. The van der Waals surface area contributed by atoms with Gasteiger partial charge in [0.25, 0.3) is 0 Å². The fourth-order valence-corrected chi connectivity index (χ4v) is 3.03. The van der Waals surface area contributed by atoms with Crippen LogP contribution in [0.1, 0.15) is 37.5 Å². The summed E-state index contributed by atoms with van der Waals surface area (Å²) >= 11 is 0. The lowest BCUT2D eigenvalue weighted by Crippen LogP contribution is -2.07. The Morgan fingerprint density at radius 2 is 2.00 bits per heavy atom. The number of carbonyl (C=O) groups is 1. The zero-order valence-electron chi connectivity index (χ0n) is 16.4. The molecular weight excluding hydrogens is 364 g/mol. The summed E-state index contributed by atoms with van der Waals surface area (Å²) in [4.78, 5) is 16.7. The van der Waals surface area contributed by atoms with Gasteiger partial charge in [-0.05, 0) is 72.5 Å². The Hall–Kier alpha value is -3.60. The fourth-order valence-electron chi connectivity index (χ4n) is 3.03. The second-order valence-corrected chi connectivity index (χ2v) is 6.97. The normalized spacial score (nSPS) is 12.5. The highest BCUT2D eigenvalue weighted by Crippen LogP contribution is 2.28. The molecule has 0 saturated carbocycles. The number of hydrogen-bond donors (Lipinski definition) is 1. The highest BCUT2D eigenvalue weighted by atomic mass is 16.3. The van der Waals surface area contributed by atoms with E-state index in [1.165, 1.54) is 11.6 Å². The number of benzene rings is 2. The van der Waals surface area contributed by atoms with Gasteiger partial charge in [-0.15, -0.1) is 0 Å². The number of anilines is 1. The first-order valence-electron chi connectivity index (χ1n) is 9.66. The van der Waals surface area contributed by atoms with Crippen molar-refractivity contribution in [3.63, 3.8) is 0 Å². The van der Waals surface area contributed by atoms with Crippen LogP contribution < -0.4 is 5.32 Å². The minimum atomic E-state index is -0.228. The number of hydrogen-bond acceptors (Lipinski definition) is 4. The van der Waals surface area contributed by atoms with Crippen LogP contribution in [0.2, 0.25) is 0 Å². The van der Waals surface area contributed by atoms with E-state index in [0.717, 1.165) is 23.1 Å². The summed E-state index contributed by atoms with van der Waals surface area (Å²) in [5.74, 6) is 1.46. The molecule has 0 unspecified atom stereocenters. The van der Waals surface area contributed by atoms with Gasteiger partial charge in [0.05, 0.1) is 6.26 Å². The molecule has 0 bridgehead atoms. The summed E-state index contributed by atoms with van der Waals surface area (Å²) in [5.41, 5.74) is 4.44. The Labute approximate surface area is 169 Å². The van der Waals surface area contributed by atoms with Gasteiger partial charge in [0.15, 0.2) is 5.58 Å². The monoisotopic (exact) mass is 386 g/mol. The third-order valence-corrected chi connectivity index (χ3v) is 4.93. The lowest BCUT2D eigenvalue weighted by atomic mass is 9.98. The highest BCUT2D eigenvalue weighted by Gasteiger charge is 2.11. The van der Waals surface area contributed by atoms with Gasteiger partial charge >= 0.3 is 0 Å². The largest absolute Gasteiger partial charge is 0.465 e. The molecule has 4 aromatic rings. The van der Waals surface area contributed by atoms with Crippen LogP contribution in [0.4, 0.5) is 5.69 Å². The maximum Gasteiger partial charge on any atom is 0.248 e. The van der Waals surface area contributed by atoms with Gasteiger partial charge in [-0.3, -0.25) is 4.79 Å². The second-order valence-electron chi connectivity index (χ2n) is 6.97. The molecule has 2 heterocycles. The Balaban J connectivity index is 1.48. The molecule has 5 nitrogen and oxygen atoms in total. The smallest absolute Gasteiger partial charge is 0.248 e. The fraction of sp³-hybridized carbons (Fsp3) is 0.167. The van der Waals surface area contributed by atoms with Crippen molar-refractivity contribution in [3.8, 4) is 11.5 Å². The van der Waals surface area contributed by atoms with Crippen molar-refractivity contribution in [1.29, 1.82) is 0 Å². The minimum absolute atomic E-state index is 0.228. The van der Waals surface area contributed by atoms with E-state index in [2.05, 4.69) is 36.3 Å². The van der Waals surface area contributed by atoms with Crippen molar-refractivity contribution >= 4 is 28.8 Å². The molecule has 0 radical (unpaired) electrons. The molecule has 0 saturated heterocycles. The number of nitrogens with zero attached hydrogens (tertiary/aromatic N) is 1. The number of furan rings is 1. The molecular formula is C24H22N2O3. The average molecular weight is 386 g/mol. The van der Waals surface area contributed by atoms with Crippen molar-refractivity contribution in [3.05, 3.63) is 78.3 Å². The number of aromatic nitrogens is 1. The number of amides is 1. The number of oxazole rings is 1. The van der Waals surface area contributed by atoms with Gasteiger partial charge < -0.3 is 14.2 Å². The topological polar surface area (TPSA) is 68.3 Å². The molecule has 2 aromatic heterocycles. The molecule has 4 rings (SSSR count). The van der Waals surface area contributed by atoms with Crippen LogP contribution in [-0.4, -0.2) is 10.9 Å². The van der Waals surface area contributed by atoms with E-state index in [-0.39, 0.29) is 5.91 Å². The number of fused-ring (bicyclic) bond motifs is 1. The van der Waals surface area contributed by atoms with Crippen LogP contribution in [0.3, 0.4) is 0 Å². The molecule has 0 aliphatic carbocycles. The van der Waals surface area contributed by atoms with E-state index in [1.807, 2.05) is 30.3 Å². The van der Waals surface area contributed by atoms with Gasteiger partial charge in [0.1, 0.15) is 11.3 Å². The van der Waals surface area contributed by atoms with Crippen molar-refractivity contribution in [2.24, 2.45) is 0 Å². The predicted molar refractivity (Wildman–Crippen MR) is 115 cm³/mol. The lowest BCUT2D eigenvalue weighted by molar-refractivity contribution is -0.111. The summed E-state index contributed by atoms with van der Waals surface area (Å²) in [6, 6.07) is 17.1. The Bertz CT molecular complexity index is 1140. The zero-order valence-corrected chi connectivity index (χ0v) is 16.4. The van der Waals surface area contributed by atoms with E-state index >= 15 is 0 Å². The minimum Gasteiger partial charge on any atom is -0.465 e. The van der Waals surface area contributed by atoms with Crippen molar-refractivity contribution < 1.29 is 13.6 Å². The molecule has 1 amide bonds. The van der Waals surface area contributed by atoms with Crippen molar-refractivity contribution in [2.75, 3.05) is 5.32 Å². The van der Waals surface area contributed by atoms with E-state index in [0.29, 0.717) is 23.3 Å². The van der Waals surface area contributed by atoms with Gasteiger partial charge in [0.2, 0.25) is 11.8 Å². The summed E-state index contributed by atoms with van der Waals surface area (Å²) < 4.78 is 11.1. The van der Waals surface area contributed by atoms with E-state index in [4.69, 9.17) is 8.83 Å². The predicted octanol–water partition coefficient (Wildman–Crippen LogP) is 6.25. The Morgan fingerprint density at radius 3 is 2.72 bits per heavy atom. The van der Waals surface area contributed by atoms with Crippen LogP contribution in [0, 0.1) is 0 Å². The standard InChI is InChI=1S/C24H22N2O3/c1-3-16(2)18-8-12-22-21(15-18)26-24(29-22)17-6-9-19(10-7-17)25-23(27)13-11-20-5-4-14-28-20/h4-16H,3H2,1-2H3,(H,25,27)/b13-11+/t16-/m0/s1. The van der Waals surface area contributed by atoms with Crippen LogP contribution >= 0.6 is 0 Å². The number of rotatable bonds is 6. The van der Waals surface area contributed by atoms with Gasteiger partial charge in [-0.25, -0.2) is 4.98 Å². The van der Waals surface area contributed by atoms with E-state index in [1.54, 1.807) is 24.5 Å². The molecule has 146 valence electrons. The Kier molecular flexibility index (Phi) is 5.29. The van der Waals surface area contributed by atoms with E-state index in [9.17, 15) is 4.79 Å². The molecule has 0 aliphatic rings. The summed E-state index contributed by atoms with van der Waals surface area (Å²) in [7, 11) is 0. The van der Waals surface area contributed by atoms with Gasteiger partial charge in [0, 0.05) is 17.3 Å². The average Bonchev–Trinajstić information content (AvgIpc) is 3.41. The molecule has 0 spiro atoms. The number of nitrogens with one attached hydrogen (secondary N) is 1. The molecule has 1 N–H and O–H groups in total. The van der Waals surface area contributed by atoms with Crippen LogP contribution in [0.5, 0.6) is 0 Å². The Morgan fingerprint density at radius 1 is 1.17 bits per heavy atom. The zero-order chi connectivity index (χ0) is 20.2. The first-order valence-corrected chi connectivity index (χ1v) is 9.66. The van der Waals surface area contributed by atoms with Crippen molar-refractivity contribution in [2.45, 2.75) is 26.2 Å². The van der Waals surface area contributed by atoms with Crippen LogP contribution in [0.15, 0.2) is 75.8 Å². The quantitative estimate of drug-likeness (QED) is 0.398. The lowest BCUT2D eigenvalue weighted by Gasteiger charge is -2.07. The SMILES string of the molecule is CC[C@H](C)c1ccc2oc(-c3ccc(NC(=O)/C=C/c4ccco4)cc3)nc2c1. The first-order chi connectivity index (χ1) is 14.1. The molecule has 5 heteroatoms. The molecule has 0 fully saturated rings. The maximum atomic E-state index is 12.0. The maximum absolute atomic E-state index is 12.0. The van der Waals surface area contributed by atoms with E-state index < -0.39 is 0 Å². The molecule has 1 atom stereocenters. The summed E-state index contributed by atoms with van der Waals surface area (Å²) in [6.07, 6.45) is 5.70. The van der Waals surface area contributed by atoms with Crippen LogP contribution in [-0.2, 0) is 4.79 Å². The second kappa shape index (κ2) is 8.19. The van der Waals surface area contributed by atoms with Crippen molar-refractivity contribution in [1.82, 2.24) is 4.98 Å². The third-order valence-electron chi connectivity index (χ3n) is 4.93. The van der Waals surface area contributed by atoms with Gasteiger partial charge in [-0.1, -0.05) is 19.9 Å². The number of carbonyl (C=O) groups excluding carboxylic acids is 1. The summed E-state index contributed by atoms with van der Waals surface area (Å²) in [5, 5.41) is 2.82. The third kappa shape index (κ3) is 4.29.